The van der Waals surface area contributed by atoms with Gasteiger partial charge in [-0.2, -0.15) is 4.99 Å². The Balaban J connectivity index is 2.25. The van der Waals surface area contributed by atoms with Crippen molar-refractivity contribution in [3.05, 3.63) is 12.2 Å². The molecule has 0 aromatic carbocycles. The van der Waals surface area contributed by atoms with Crippen molar-refractivity contribution < 1.29 is 0 Å². The molecular formula is C8H15N5. The average molecular weight is 181 g/mol. The Hall–Kier alpha value is -1.52. The van der Waals surface area contributed by atoms with E-state index in [9.17, 15) is 0 Å². The van der Waals surface area contributed by atoms with Crippen LogP contribution in [0, 0.1) is 5.92 Å². The van der Waals surface area contributed by atoms with Gasteiger partial charge in [0.15, 0.2) is 5.96 Å². The summed E-state index contributed by atoms with van der Waals surface area (Å²) in [7, 11) is 0. The molecule has 5 heteroatoms. The first-order valence-electron chi connectivity index (χ1n) is 4.24. The van der Waals surface area contributed by atoms with Gasteiger partial charge in [-0.25, -0.2) is 4.99 Å². The van der Waals surface area contributed by atoms with Crippen LogP contribution in [0.2, 0.25) is 0 Å². The van der Waals surface area contributed by atoms with Crippen LogP contribution in [0.5, 0.6) is 0 Å². The number of aliphatic imine (C=N–C) groups is 2. The lowest BCUT2D eigenvalue weighted by Crippen LogP contribution is -2.26. The van der Waals surface area contributed by atoms with Gasteiger partial charge in [-0.05, 0) is 18.8 Å². The van der Waals surface area contributed by atoms with E-state index in [4.69, 9.17) is 17.2 Å². The Morgan fingerprint density at radius 2 is 2.00 bits per heavy atom. The molecule has 0 unspecified atom stereocenters. The van der Waals surface area contributed by atoms with Crippen molar-refractivity contribution in [2.24, 2.45) is 33.1 Å². The van der Waals surface area contributed by atoms with Crippen molar-refractivity contribution in [2.45, 2.75) is 12.8 Å². The van der Waals surface area contributed by atoms with Crippen molar-refractivity contribution >= 4 is 11.9 Å². The average Bonchev–Trinajstić information content (AvgIpc) is 2.80. The fourth-order valence-corrected chi connectivity index (χ4v) is 0.856. The van der Waals surface area contributed by atoms with Crippen LogP contribution in [0.1, 0.15) is 12.8 Å². The molecular weight excluding hydrogens is 166 g/mol. The van der Waals surface area contributed by atoms with E-state index in [1.807, 2.05) is 6.08 Å². The van der Waals surface area contributed by atoms with E-state index in [-0.39, 0.29) is 11.9 Å². The number of guanidine groups is 2. The van der Waals surface area contributed by atoms with Gasteiger partial charge >= 0.3 is 0 Å². The van der Waals surface area contributed by atoms with Crippen molar-refractivity contribution in [1.29, 1.82) is 0 Å². The van der Waals surface area contributed by atoms with Crippen molar-refractivity contribution in [3.8, 4) is 0 Å². The normalized spacial score (nSPS) is 17.7. The van der Waals surface area contributed by atoms with Crippen LogP contribution in [0.4, 0.5) is 0 Å². The molecule has 0 saturated heterocycles. The lowest BCUT2D eigenvalue weighted by molar-refractivity contribution is 1.09. The maximum atomic E-state index is 5.38. The van der Waals surface area contributed by atoms with Crippen LogP contribution in [-0.4, -0.2) is 18.5 Å². The summed E-state index contributed by atoms with van der Waals surface area (Å²) in [4.78, 5) is 7.50. The Morgan fingerprint density at radius 1 is 1.31 bits per heavy atom. The summed E-state index contributed by atoms with van der Waals surface area (Å²) in [6, 6.07) is 0. The van der Waals surface area contributed by atoms with Crippen LogP contribution in [0.25, 0.3) is 0 Å². The molecule has 1 fully saturated rings. The summed E-state index contributed by atoms with van der Waals surface area (Å²) in [6.45, 7) is 0.541. The van der Waals surface area contributed by atoms with Gasteiger partial charge < -0.3 is 17.2 Å². The minimum Gasteiger partial charge on any atom is -0.370 e. The van der Waals surface area contributed by atoms with Crippen LogP contribution in [0.3, 0.4) is 0 Å². The number of hydrogen-bond acceptors (Lipinski definition) is 1. The molecule has 0 aromatic heterocycles. The Morgan fingerprint density at radius 3 is 2.54 bits per heavy atom. The van der Waals surface area contributed by atoms with Gasteiger partial charge in [0.25, 0.3) is 0 Å². The molecule has 1 aliphatic carbocycles. The van der Waals surface area contributed by atoms with E-state index in [0.717, 1.165) is 5.92 Å². The Kier molecular flexibility index (Phi) is 3.31. The van der Waals surface area contributed by atoms with Gasteiger partial charge in [0.2, 0.25) is 5.96 Å². The minimum atomic E-state index is -0.0626. The molecule has 0 aliphatic heterocycles. The molecule has 0 radical (unpaired) electrons. The second-order valence-electron chi connectivity index (χ2n) is 3.00. The van der Waals surface area contributed by atoms with Crippen LogP contribution < -0.4 is 17.2 Å². The second-order valence-corrected chi connectivity index (χ2v) is 3.00. The van der Waals surface area contributed by atoms with E-state index in [2.05, 4.69) is 16.1 Å². The van der Waals surface area contributed by atoms with Gasteiger partial charge in [0, 0.05) is 0 Å². The van der Waals surface area contributed by atoms with Gasteiger partial charge in [0.1, 0.15) is 0 Å². The summed E-state index contributed by atoms with van der Waals surface area (Å²) >= 11 is 0. The van der Waals surface area contributed by atoms with Crippen molar-refractivity contribution in [3.63, 3.8) is 0 Å². The smallest absolute Gasteiger partial charge is 0.218 e. The number of rotatable bonds is 3. The molecule has 5 nitrogen and oxygen atoms in total. The highest BCUT2D eigenvalue weighted by Gasteiger charge is 2.16. The maximum Gasteiger partial charge on any atom is 0.218 e. The molecule has 1 aliphatic rings. The second kappa shape index (κ2) is 4.49. The molecule has 0 amide bonds. The third kappa shape index (κ3) is 4.84. The number of allylic oxidation sites excluding steroid dienone is 1. The molecule has 1 saturated carbocycles. The highest BCUT2D eigenvalue weighted by Crippen LogP contribution is 2.29. The van der Waals surface area contributed by atoms with Crippen LogP contribution in [0.15, 0.2) is 22.1 Å². The van der Waals surface area contributed by atoms with Gasteiger partial charge in [-0.3, -0.25) is 0 Å². The van der Waals surface area contributed by atoms with E-state index >= 15 is 0 Å². The summed E-state index contributed by atoms with van der Waals surface area (Å²) in [5.74, 6) is 0.826. The summed E-state index contributed by atoms with van der Waals surface area (Å²) in [5, 5.41) is 0. The SMILES string of the molecule is NC(N)=NC(N)=NC/C=C/C1CC1. The lowest BCUT2D eigenvalue weighted by atomic mass is 10.4. The Bertz CT molecular complexity index is 245. The highest BCUT2D eigenvalue weighted by atomic mass is 15.1. The molecule has 0 heterocycles. The molecule has 0 atom stereocenters. The molecule has 13 heavy (non-hydrogen) atoms. The largest absolute Gasteiger partial charge is 0.370 e. The first-order chi connectivity index (χ1) is 6.18. The molecule has 1 rings (SSSR count). The summed E-state index contributed by atoms with van der Waals surface area (Å²) < 4.78 is 0. The third-order valence-electron chi connectivity index (χ3n) is 1.63. The van der Waals surface area contributed by atoms with Crippen molar-refractivity contribution in [2.75, 3.05) is 6.54 Å². The van der Waals surface area contributed by atoms with Gasteiger partial charge in [-0.15, -0.1) is 0 Å². The van der Waals surface area contributed by atoms with Gasteiger partial charge in [-0.1, -0.05) is 12.2 Å². The zero-order valence-corrected chi connectivity index (χ0v) is 7.48. The van der Waals surface area contributed by atoms with E-state index < -0.39 is 0 Å². The molecule has 6 N–H and O–H groups in total. The fraction of sp³-hybridized carbons (Fsp3) is 0.500. The molecule has 0 bridgehead atoms. The lowest BCUT2D eigenvalue weighted by Gasteiger charge is -1.91. The quantitative estimate of drug-likeness (QED) is 0.312. The van der Waals surface area contributed by atoms with E-state index in [0.29, 0.717) is 6.54 Å². The molecule has 72 valence electrons. The highest BCUT2D eigenvalue weighted by molar-refractivity contribution is 5.92. The zero-order valence-electron chi connectivity index (χ0n) is 7.48. The third-order valence-corrected chi connectivity index (χ3v) is 1.63. The monoisotopic (exact) mass is 181 g/mol. The van der Waals surface area contributed by atoms with E-state index in [1.165, 1.54) is 12.8 Å². The molecule has 0 spiro atoms. The number of hydrogen-bond donors (Lipinski definition) is 3. The maximum absolute atomic E-state index is 5.38. The van der Waals surface area contributed by atoms with Crippen molar-refractivity contribution in [1.82, 2.24) is 0 Å². The predicted octanol–water partition coefficient (Wildman–Crippen LogP) is -0.459. The number of nitrogens with zero attached hydrogens (tertiary/aromatic N) is 2. The predicted molar refractivity (Wildman–Crippen MR) is 54.2 cm³/mol. The van der Waals surface area contributed by atoms with Crippen LogP contribution >= 0.6 is 0 Å². The minimum absolute atomic E-state index is 0.0626. The first-order valence-corrected chi connectivity index (χ1v) is 4.24. The van der Waals surface area contributed by atoms with E-state index in [1.54, 1.807) is 0 Å². The zero-order chi connectivity index (χ0) is 9.68. The summed E-state index contributed by atoms with van der Waals surface area (Å²) in [5.41, 5.74) is 15.6. The number of nitrogens with two attached hydrogens (primary N) is 3. The first kappa shape index (κ1) is 9.57. The molecule has 0 aromatic rings. The van der Waals surface area contributed by atoms with Crippen LogP contribution in [-0.2, 0) is 0 Å². The summed E-state index contributed by atoms with van der Waals surface area (Å²) in [6.07, 6.45) is 6.71. The fourth-order valence-electron chi connectivity index (χ4n) is 0.856. The topological polar surface area (TPSA) is 103 Å². The van der Waals surface area contributed by atoms with Gasteiger partial charge in [0.05, 0.1) is 6.54 Å². The Labute approximate surface area is 77.4 Å². The standard InChI is InChI=1S/C8H15N5/c9-7(10)13-8(11)12-5-1-2-6-3-4-6/h1-2,6H,3-5H2,(H6,9,10,11,12,13)/b2-1+.